The highest BCUT2D eigenvalue weighted by Crippen LogP contribution is 2.52. The summed E-state index contributed by atoms with van der Waals surface area (Å²) in [5.41, 5.74) is 5.49. The Morgan fingerprint density at radius 3 is 2.63 bits per heavy atom. The molecule has 3 atom stereocenters. The first kappa shape index (κ1) is 13.3. The maximum atomic E-state index is 12.5. The Morgan fingerprint density at radius 2 is 1.95 bits per heavy atom. The number of carbonyl (C=O) groups excluding carboxylic acids is 1. The number of hydrogen-bond acceptors (Lipinski definition) is 4. The molecule has 1 amide bonds. The lowest BCUT2D eigenvalue weighted by atomic mass is 9.57. The molecule has 19 heavy (non-hydrogen) atoms. The third kappa shape index (κ3) is 1.99. The fourth-order valence-electron chi connectivity index (χ4n) is 3.86. The molecule has 0 radical (unpaired) electrons. The molecule has 3 unspecified atom stereocenters. The van der Waals surface area contributed by atoms with E-state index in [-0.39, 0.29) is 17.4 Å². The van der Waals surface area contributed by atoms with E-state index in [1.165, 1.54) is 0 Å². The summed E-state index contributed by atoms with van der Waals surface area (Å²) in [5, 5.41) is 3.19. The van der Waals surface area contributed by atoms with Crippen molar-refractivity contribution in [3.8, 4) is 0 Å². The summed E-state index contributed by atoms with van der Waals surface area (Å²) in [6, 6.07) is 0.191. The molecule has 1 saturated carbocycles. The molecule has 0 aromatic rings. The minimum atomic E-state index is -0.751. The molecule has 108 valence electrons. The summed E-state index contributed by atoms with van der Waals surface area (Å²) in [5.74, 6) is 0.446. The van der Waals surface area contributed by atoms with Crippen LogP contribution in [0.4, 0.5) is 0 Å². The number of rotatable bonds is 2. The van der Waals surface area contributed by atoms with E-state index in [4.69, 9.17) is 15.2 Å². The maximum absolute atomic E-state index is 12.5. The first-order valence-corrected chi connectivity index (χ1v) is 7.24. The van der Waals surface area contributed by atoms with Crippen molar-refractivity contribution in [3.63, 3.8) is 0 Å². The molecule has 1 aliphatic carbocycles. The van der Waals surface area contributed by atoms with Gasteiger partial charge in [-0.2, -0.15) is 0 Å². The van der Waals surface area contributed by atoms with Gasteiger partial charge in [-0.05, 0) is 19.3 Å². The molecule has 3 N–H and O–H groups in total. The molecule has 0 aromatic carbocycles. The minimum absolute atomic E-state index is 0.0123. The SMILES string of the molecule is CC1(C)C(NC(=O)C2(N)CCOCC2)C2CCOC21. The zero-order chi connectivity index (χ0) is 13.7. The lowest BCUT2D eigenvalue weighted by Gasteiger charge is -2.55. The van der Waals surface area contributed by atoms with Crippen molar-refractivity contribution in [2.45, 2.75) is 50.8 Å². The summed E-state index contributed by atoms with van der Waals surface area (Å²) in [6.07, 6.45) is 2.55. The molecule has 0 bridgehead atoms. The van der Waals surface area contributed by atoms with Crippen LogP contribution in [0.25, 0.3) is 0 Å². The molecule has 2 saturated heterocycles. The van der Waals surface area contributed by atoms with Crippen LogP contribution in [0, 0.1) is 11.3 Å². The van der Waals surface area contributed by atoms with Crippen molar-refractivity contribution in [1.82, 2.24) is 5.32 Å². The fraction of sp³-hybridized carbons (Fsp3) is 0.929. The first-order valence-electron chi connectivity index (χ1n) is 7.24. The van der Waals surface area contributed by atoms with E-state index < -0.39 is 5.54 Å². The minimum Gasteiger partial charge on any atom is -0.381 e. The molecule has 0 spiro atoms. The number of ether oxygens (including phenoxy) is 2. The Balaban J connectivity index is 1.66. The van der Waals surface area contributed by atoms with Crippen LogP contribution < -0.4 is 11.1 Å². The van der Waals surface area contributed by atoms with Gasteiger partial charge < -0.3 is 20.5 Å². The topological polar surface area (TPSA) is 73.6 Å². The second-order valence-electron chi connectivity index (χ2n) is 6.78. The standard InChI is InChI=1S/C14H24N2O3/c1-13(2)10(9-3-6-19-11(9)13)16-12(17)14(15)4-7-18-8-5-14/h9-11H,3-8,15H2,1-2H3,(H,16,17). The number of amides is 1. The summed E-state index contributed by atoms with van der Waals surface area (Å²) < 4.78 is 11.0. The van der Waals surface area contributed by atoms with Gasteiger partial charge in [0.05, 0.1) is 11.6 Å². The summed E-state index contributed by atoms with van der Waals surface area (Å²) in [6.45, 7) is 6.29. The fourth-order valence-corrected chi connectivity index (χ4v) is 3.86. The average molecular weight is 268 g/mol. The van der Waals surface area contributed by atoms with Gasteiger partial charge in [0.25, 0.3) is 0 Å². The molecule has 3 fully saturated rings. The Kier molecular flexibility index (Phi) is 3.11. The lowest BCUT2D eigenvalue weighted by molar-refractivity contribution is -0.144. The zero-order valence-electron chi connectivity index (χ0n) is 11.8. The maximum Gasteiger partial charge on any atom is 0.240 e. The Morgan fingerprint density at radius 1 is 1.26 bits per heavy atom. The van der Waals surface area contributed by atoms with E-state index in [0.29, 0.717) is 38.1 Å². The van der Waals surface area contributed by atoms with Crippen molar-refractivity contribution in [2.24, 2.45) is 17.1 Å². The van der Waals surface area contributed by atoms with Crippen LogP contribution in [0.5, 0.6) is 0 Å². The molecular formula is C14H24N2O3. The summed E-state index contributed by atoms with van der Waals surface area (Å²) >= 11 is 0. The highest BCUT2D eigenvalue weighted by atomic mass is 16.5. The van der Waals surface area contributed by atoms with E-state index in [0.717, 1.165) is 13.0 Å². The van der Waals surface area contributed by atoms with Gasteiger partial charge in [0, 0.05) is 37.2 Å². The smallest absolute Gasteiger partial charge is 0.240 e. The van der Waals surface area contributed by atoms with Crippen LogP contribution in [0.2, 0.25) is 0 Å². The van der Waals surface area contributed by atoms with Crippen molar-refractivity contribution < 1.29 is 14.3 Å². The number of hydrogen-bond donors (Lipinski definition) is 2. The van der Waals surface area contributed by atoms with Crippen molar-refractivity contribution in [1.29, 1.82) is 0 Å². The molecule has 3 rings (SSSR count). The van der Waals surface area contributed by atoms with Crippen LogP contribution in [0.15, 0.2) is 0 Å². The van der Waals surface area contributed by atoms with Crippen LogP contribution >= 0.6 is 0 Å². The Bertz CT molecular complexity index is 377. The number of fused-ring (bicyclic) bond motifs is 1. The normalized spacial score (nSPS) is 39.2. The van der Waals surface area contributed by atoms with Gasteiger partial charge in [-0.3, -0.25) is 4.79 Å². The summed E-state index contributed by atoms with van der Waals surface area (Å²) in [4.78, 5) is 12.5. The molecule has 2 heterocycles. The third-order valence-electron chi connectivity index (χ3n) is 5.22. The van der Waals surface area contributed by atoms with Gasteiger partial charge in [0.15, 0.2) is 0 Å². The first-order chi connectivity index (χ1) is 8.95. The van der Waals surface area contributed by atoms with Crippen molar-refractivity contribution in [3.05, 3.63) is 0 Å². The Labute approximate surface area is 114 Å². The van der Waals surface area contributed by atoms with Crippen LogP contribution in [0.1, 0.15) is 33.1 Å². The predicted molar refractivity (Wildman–Crippen MR) is 70.5 cm³/mol. The molecule has 3 aliphatic rings. The quantitative estimate of drug-likeness (QED) is 0.761. The van der Waals surface area contributed by atoms with E-state index in [1.807, 2.05) is 0 Å². The van der Waals surface area contributed by atoms with Gasteiger partial charge in [0.2, 0.25) is 5.91 Å². The molecule has 0 aromatic heterocycles. The number of nitrogens with two attached hydrogens (primary N) is 1. The number of carbonyl (C=O) groups is 1. The predicted octanol–water partition coefficient (Wildman–Crippen LogP) is 0.424. The van der Waals surface area contributed by atoms with E-state index in [1.54, 1.807) is 0 Å². The summed E-state index contributed by atoms with van der Waals surface area (Å²) in [7, 11) is 0. The molecule has 5 heteroatoms. The second kappa shape index (κ2) is 4.43. The second-order valence-corrected chi connectivity index (χ2v) is 6.78. The van der Waals surface area contributed by atoms with Gasteiger partial charge in [-0.15, -0.1) is 0 Å². The van der Waals surface area contributed by atoms with Gasteiger partial charge in [-0.25, -0.2) is 0 Å². The third-order valence-corrected chi connectivity index (χ3v) is 5.22. The van der Waals surface area contributed by atoms with Crippen molar-refractivity contribution >= 4 is 5.91 Å². The van der Waals surface area contributed by atoms with Gasteiger partial charge >= 0.3 is 0 Å². The van der Waals surface area contributed by atoms with Crippen LogP contribution in [-0.4, -0.2) is 43.4 Å². The zero-order valence-corrected chi connectivity index (χ0v) is 11.8. The van der Waals surface area contributed by atoms with E-state index in [2.05, 4.69) is 19.2 Å². The molecular weight excluding hydrogens is 244 g/mol. The average Bonchev–Trinajstić information content (AvgIpc) is 2.83. The molecule has 2 aliphatic heterocycles. The van der Waals surface area contributed by atoms with Crippen molar-refractivity contribution in [2.75, 3.05) is 19.8 Å². The van der Waals surface area contributed by atoms with Gasteiger partial charge in [-0.1, -0.05) is 13.8 Å². The largest absolute Gasteiger partial charge is 0.381 e. The monoisotopic (exact) mass is 268 g/mol. The molecule has 5 nitrogen and oxygen atoms in total. The highest BCUT2D eigenvalue weighted by molar-refractivity contribution is 5.86. The Hall–Kier alpha value is -0.650. The number of nitrogens with one attached hydrogen (secondary N) is 1. The van der Waals surface area contributed by atoms with Crippen LogP contribution in [-0.2, 0) is 14.3 Å². The van der Waals surface area contributed by atoms with Crippen LogP contribution in [0.3, 0.4) is 0 Å². The van der Waals surface area contributed by atoms with E-state index in [9.17, 15) is 4.79 Å². The lowest BCUT2D eigenvalue weighted by Crippen LogP contribution is -2.70. The highest BCUT2D eigenvalue weighted by Gasteiger charge is 2.60. The van der Waals surface area contributed by atoms with Gasteiger partial charge in [0.1, 0.15) is 0 Å². The van der Waals surface area contributed by atoms with E-state index >= 15 is 0 Å².